The maximum absolute atomic E-state index is 12.0. The number of nitrogens with zero attached hydrogens (tertiary/aromatic N) is 2. The normalized spacial score (nSPS) is 11.2. The molecule has 3 rings (SSSR count). The van der Waals surface area contributed by atoms with Gasteiger partial charge in [-0.1, -0.05) is 12.1 Å². The quantitative estimate of drug-likeness (QED) is 0.519. The smallest absolute Gasteiger partial charge is 0.271 e. The second-order valence-electron chi connectivity index (χ2n) is 4.68. The predicted molar refractivity (Wildman–Crippen MR) is 101 cm³/mol. The molecule has 1 aromatic carbocycles. The van der Waals surface area contributed by atoms with E-state index in [1.165, 1.54) is 0 Å². The van der Waals surface area contributed by atoms with E-state index in [1.54, 1.807) is 59.4 Å². The first-order valence-corrected chi connectivity index (χ1v) is 8.87. The maximum atomic E-state index is 12.0. The number of anilines is 1. The average molecular weight is 354 g/mol. The highest BCUT2D eigenvalue weighted by molar-refractivity contribution is 7.12. The van der Waals surface area contributed by atoms with Crippen LogP contribution >= 0.6 is 22.7 Å². The molecule has 0 saturated carbocycles. The Bertz CT molecular complexity index is 822. The molecule has 1 amide bonds. The minimum absolute atomic E-state index is 0.253. The van der Waals surface area contributed by atoms with Crippen molar-refractivity contribution in [2.45, 2.75) is 0 Å². The molecule has 120 valence electrons. The van der Waals surface area contributed by atoms with Crippen molar-refractivity contribution in [2.75, 3.05) is 5.43 Å². The van der Waals surface area contributed by atoms with Crippen LogP contribution in [0, 0.1) is 0 Å². The van der Waals surface area contributed by atoms with Crippen LogP contribution in [0.1, 0.15) is 20.1 Å². The van der Waals surface area contributed by atoms with Crippen LogP contribution in [0.25, 0.3) is 0 Å². The minimum atomic E-state index is -0.253. The van der Waals surface area contributed by atoms with Crippen LogP contribution in [0.5, 0.6) is 0 Å². The third kappa shape index (κ3) is 4.61. The van der Waals surface area contributed by atoms with Crippen LogP contribution in [0.4, 0.5) is 5.69 Å². The van der Waals surface area contributed by atoms with E-state index in [2.05, 4.69) is 21.1 Å². The molecule has 2 heterocycles. The van der Waals surface area contributed by atoms with Gasteiger partial charge in [-0.3, -0.25) is 10.2 Å². The Morgan fingerprint density at radius 2 is 1.50 bits per heavy atom. The Hall–Kier alpha value is -2.77. The van der Waals surface area contributed by atoms with Gasteiger partial charge in [-0.15, -0.1) is 22.7 Å². The molecule has 0 saturated heterocycles. The van der Waals surface area contributed by atoms with Gasteiger partial charge in [0, 0.05) is 15.3 Å². The molecule has 0 radical (unpaired) electrons. The number of benzene rings is 1. The topological polar surface area (TPSA) is 65.8 Å². The van der Waals surface area contributed by atoms with Gasteiger partial charge >= 0.3 is 0 Å². The van der Waals surface area contributed by atoms with Gasteiger partial charge in [-0.05, 0) is 47.2 Å². The summed E-state index contributed by atoms with van der Waals surface area (Å²) >= 11 is 3.17. The molecule has 0 spiro atoms. The summed E-state index contributed by atoms with van der Waals surface area (Å²) in [5, 5.41) is 12.0. The lowest BCUT2D eigenvalue weighted by molar-refractivity contribution is 0.0955. The molecule has 0 fully saturated rings. The fraction of sp³-hybridized carbons (Fsp3) is 0. The fourth-order valence-electron chi connectivity index (χ4n) is 1.82. The van der Waals surface area contributed by atoms with E-state index >= 15 is 0 Å². The standard InChI is InChI=1S/C17H14N4OS2/c22-17(21-19-12-16-4-2-10-24-16)13-5-7-14(8-6-13)20-18-11-15-3-1-9-23-15/h1-12,20H,(H,21,22)/b18-11+,19-12+. The van der Waals surface area contributed by atoms with E-state index in [0.29, 0.717) is 5.56 Å². The molecule has 5 nitrogen and oxygen atoms in total. The predicted octanol–water partition coefficient (Wildman–Crippen LogP) is 4.02. The van der Waals surface area contributed by atoms with Crippen LogP contribution in [0.2, 0.25) is 0 Å². The number of thiophene rings is 2. The number of nitrogens with one attached hydrogen (secondary N) is 2. The second-order valence-corrected chi connectivity index (χ2v) is 6.64. The van der Waals surface area contributed by atoms with Crippen molar-refractivity contribution in [3.8, 4) is 0 Å². The van der Waals surface area contributed by atoms with Crippen molar-refractivity contribution in [2.24, 2.45) is 10.2 Å². The molecule has 7 heteroatoms. The summed E-state index contributed by atoms with van der Waals surface area (Å²) in [5.74, 6) is -0.253. The summed E-state index contributed by atoms with van der Waals surface area (Å²) in [6, 6.07) is 14.9. The number of rotatable bonds is 6. The summed E-state index contributed by atoms with van der Waals surface area (Å²) < 4.78 is 0. The highest BCUT2D eigenvalue weighted by atomic mass is 32.1. The van der Waals surface area contributed by atoms with E-state index < -0.39 is 0 Å². The average Bonchev–Trinajstić information content (AvgIpc) is 3.29. The van der Waals surface area contributed by atoms with E-state index in [0.717, 1.165) is 15.4 Å². The van der Waals surface area contributed by atoms with Crippen molar-refractivity contribution >= 4 is 46.7 Å². The zero-order valence-electron chi connectivity index (χ0n) is 12.5. The largest absolute Gasteiger partial charge is 0.278 e. The maximum Gasteiger partial charge on any atom is 0.271 e. The Morgan fingerprint density at radius 3 is 2.08 bits per heavy atom. The zero-order chi connectivity index (χ0) is 16.6. The second kappa shape index (κ2) is 8.19. The molecule has 0 unspecified atom stereocenters. The lowest BCUT2D eigenvalue weighted by Crippen LogP contribution is -2.17. The van der Waals surface area contributed by atoms with Crippen LogP contribution in [-0.4, -0.2) is 18.3 Å². The van der Waals surface area contributed by atoms with Gasteiger partial charge in [0.25, 0.3) is 5.91 Å². The molecular formula is C17H14N4OS2. The third-order valence-electron chi connectivity index (χ3n) is 2.98. The highest BCUT2D eigenvalue weighted by Crippen LogP contribution is 2.10. The van der Waals surface area contributed by atoms with Gasteiger partial charge < -0.3 is 0 Å². The SMILES string of the molecule is O=C(N/N=C/c1cccs1)c1ccc(N/N=C/c2cccs2)cc1. The lowest BCUT2D eigenvalue weighted by atomic mass is 10.2. The Kier molecular flexibility index (Phi) is 5.49. The first-order chi connectivity index (χ1) is 11.8. The van der Waals surface area contributed by atoms with Crippen molar-refractivity contribution in [1.29, 1.82) is 0 Å². The van der Waals surface area contributed by atoms with Crippen LogP contribution < -0.4 is 10.9 Å². The molecule has 0 aliphatic carbocycles. The summed E-state index contributed by atoms with van der Waals surface area (Å²) in [4.78, 5) is 14.0. The summed E-state index contributed by atoms with van der Waals surface area (Å²) in [7, 11) is 0. The first-order valence-electron chi connectivity index (χ1n) is 7.11. The molecule has 0 atom stereocenters. The Balaban J connectivity index is 1.52. The number of hydrogen-bond donors (Lipinski definition) is 2. The van der Waals surface area contributed by atoms with Gasteiger partial charge in [0.05, 0.1) is 18.1 Å². The van der Waals surface area contributed by atoms with Crippen LogP contribution in [0.3, 0.4) is 0 Å². The molecule has 24 heavy (non-hydrogen) atoms. The molecule has 0 aliphatic heterocycles. The van der Waals surface area contributed by atoms with E-state index in [9.17, 15) is 4.79 Å². The van der Waals surface area contributed by atoms with Gasteiger partial charge in [0.15, 0.2) is 0 Å². The molecule has 2 N–H and O–H groups in total. The summed E-state index contributed by atoms with van der Waals surface area (Å²) in [6.45, 7) is 0. The first kappa shape index (κ1) is 16.1. The molecular weight excluding hydrogens is 340 g/mol. The number of carbonyl (C=O) groups is 1. The van der Waals surface area contributed by atoms with Crippen molar-refractivity contribution in [1.82, 2.24) is 5.43 Å². The number of amides is 1. The van der Waals surface area contributed by atoms with Crippen molar-refractivity contribution in [3.63, 3.8) is 0 Å². The van der Waals surface area contributed by atoms with E-state index in [-0.39, 0.29) is 5.91 Å². The van der Waals surface area contributed by atoms with E-state index in [1.807, 2.05) is 35.0 Å². The number of hydrazone groups is 2. The third-order valence-corrected chi connectivity index (χ3v) is 4.59. The molecule has 3 aromatic rings. The monoisotopic (exact) mass is 354 g/mol. The molecule has 2 aromatic heterocycles. The van der Waals surface area contributed by atoms with Crippen LogP contribution in [0.15, 0.2) is 69.5 Å². The number of carbonyl (C=O) groups excluding carboxylic acids is 1. The fourth-order valence-corrected chi connectivity index (χ4v) is 2.99. The zero-order valence-corrected chi connectivity index (χ0v) is 14.2. The Labute approximate surface area is 147 Å². The van der Waals surface area contributed by atoms with Crippen LogP contribution in [-0.2, 0) is 0 Å². The summed E-state index contributed by atoms with van der Waals surface area (Å²) in [6.07, 6.45) is 3.38. The lowest BCUT2D eigenvalue weighted by Gasteiger charge is -2.02. The molecule has 0 aliphatic rings. The van der Waals surface area contributed by atoms with Gasteiger partial charge in [0.2, 0.25) is 0 Å². The van der Waals surface area contributed by atoms with Gasteiger partial charge in [-0.25, -0.2) is 5.43 Å². The summed E-state index contributed by atoms with van der Waals surface area (Å²) in [5.41, 5.74) is 6.77. The Morgan fingerprint density at radius 1 is 0.875 bits per heavy atom. The number of hydrogen-bond acceptors (Lipinski definition) is 6. The highest BCUT2D eigenvalue weighted by Gasteiger charge is 2.03. The van der Waals surface area contributed by atoms with E-state index in [4.69, 9.17) is 0 Å². The molecule has 0 bridgehead atoms. The van der Waals surface area contributed by atoms with Gasteiger partial charge in [-0.2, -0.15) is 10.2 Å². The van der Waals surface area contributed by atoms with Crippen molar-refractivity contribution < 1.29 is 4.79 Å². The minimum Gasteiger partial charge on any atom is -0.278 e. The van der Waals surface area contributed by atoms with Gasteiger partial charge in [0.1, 0.15) is 0 Å². The van der Waals surface area contributed by atoms with Crippen molar-refractivity contribution in [3.05, 3.63) is 74.6 Å².